The van der Waals surface area contributed by atoms with Crippen molar-refractivity contribution >= 4 is 5.91 Å². The van der Waals surface area contributed by atoms with Gasteiger partial charge in [-0.15, -0.1) is 0 Å². The molecule has 26 heavy (non-hydrogen) atoms. The van der Waals surface area contributed by atoms with Crippen molar-refractivity contribution in [3.05, 3.63) is 78.1 Å². The number of benzene rings is 2. The van der Waals surface area contributed by atoms with Gasteiger partial charge in [0.05, 0.1) is 19.8 Å². The highest BCUT2D eigenvalue weighted by molar-refractivity contribution is 5.95. The van der Waals surface area contributed by atoms with E-state index in [-0.39, 0.29) is 18.6 Å². The summed E-state index contributed by atoms with van der Waals surface area (Å²) in [4.78, 5) is 12.6. The number of nitrogens with one attached hydrogen (secondary N) is 1. The Morgan fingerprint density at radius 1 is 1.23 bits per heavy atom. The molecule has 1 aromatic heterocycles. The summed E-state index contributed by atoms with van der Waals surface area (Å²) in [6, 6.07) is 16.3. The summed E-state index contributed by atoms with van der Waals surface area (Å²) < 4.78 is 6.99. The Morgan fingerprint density at radius 2 is 2.04 bits per heavy atom. The minimum absolute atomic E-state index is 0.136. The number of carbonyl (C=O) groups is 1. The molecule has 6 heteroatoms. The van der Waals surface area contributed by atoms with Crippen molar-refractivity contribution < 1.29 is 14.6 Å². The van der Waals surface area contributed by atoms with Gasteiger partial charge in [0.25, 0.3) is 5.91 Å². The maximum absolute atomic E-state index is 12.6. The van der Waals surface area contributed by atoms with Crippen LogP contribution in [0.1, 0.15) is 15.9 Å². The fraction of sp³-hybridized carbons (Fsp3) is 0.200. The number of aromatic nitrogens is 2. The quantitative estimate of drug-likeness (QED) is 0.684. The first-order chi connectivity index (χ1) is 12.7. The van der Waals surface area contributed by atoms with Crippen molar-refractivity contribution in [2.45, 2.75) is 12.5 Å². The number of aliphatic hydroxyl groups excluding tert-OH is 1. The molecular weight excluding hydrogens is 330 g/mol. The van der Waals surface area contributed by atoms with Crippen LogP contribution in [-0.2, 0) is 6.42 Å². The van der Waals surface area contributed by atoms with Gasteiger partial charge in [-0.1, -0.05) is 30.3 Å². The number of carbonyl (C=O) groups excluding carboxylic acids is 1. The SMILES string of the molecule is COc1ccc(C(=O)N[C@@H](CO)Cc2ccccc2)cc1-n1cccn1. The molecule has 0 bridgehead atoms. The fourth-order valence-electron chi connectivity index (χ4n) is 2.75. The van der Waals surface area contributed by atoms with Gasteiger partial charge < -0.3 is 15.2 Å². The summed E-state index contributed by atoms with van der Waals surface area (Å²) in [6.07, 6.45) is 4.00. The van der Waals surface area contributed by atoms with Crippen molar-refractivity contribution in [1.82, 2.24) is 15.1 Å². The van der Waals surface area contributed by atoms with E-state index < -0.39 is 0 Å². The smallest absolute Gasteiger partial charge is 0.251 e. The van der Waals surface area contributed by atoms with Gasteiger partial charge in [0, 0.05) is 18.0 Å². The maximum Gasteiger partial charge on any atom is 0.251 e. The van der Waals surface area contributed by atoms with Gasteiger partial charge in [0.1, 0.15) is 11.4 Å². The van der Waals surface area contributed by atoms with Gasteiger partial charge in [-0.2, -0.15) is 5.10 Å². The van der Waals surface area contributed by atoms with Crippen LogP contribution in [0.15, 0.2) is 67.0 Å². The largest absolute Gasteiger partial charge is 0.494 e. The number of ether oxygens (including phenoxy) is 1. The summed E-state index contributed by atoms with van der Waals surface area (Å²) in [5.41, 5.74) is 2.20. The number of hydrogen-bond acceptors (Lipinski definition) is 4. The highest BCUT2D eigenvalue weighted by atomic mass is 16.5. The van der Waals surface area contributed by atoms with Crippen LogP contribution in [0.4, 0.5) is 0 Å². The molecule has 6 nitrogen and oxygen atoms in total. The zero-order valence-corrected chi connectivity index (χ0v) is 14.5. The molecule has 0 radical (unpaired) electrons. The zero-order valence-electron chi connectivity index (χ0n) is 14.5. The molecule has 1 heterocycles. The molecule has 0 saturated carbocycles. The lowest BCUT2D eigenvalue weighted by molar-refractivity contribution is 0.0916. The number of aliphatic hydroxyl groups is 1. The Bertz CT molecular complexity index is 848. The summed E-state index contributed by atoms with van der Waals surface area (Å²) in [6.45, 7) is -0.136. The molecule has 0 saturated heterocycles. The van der Waals surface area contributed by atoms with Gasteiger partial charge in [-0.25, -0.2) is 4.68 Å². The second-order valence-electron chi connectivity index (χ2n) is 5.88. The first-order valence-corrected chi connectivity index (χ1v) is 8.35. The van der Waals surface area contributed by atoms with Crippen LogP contribution >= 0.6 is 0 Å². The van der Waals surface area contributed by atoms with Gasteiger partial charge in [-0.3, -0.25) is 4.79 Å². The van der Waals surface area contributed by atoms with Crippen LogP contribution in [0.5, 0.6) is 5.75 Å². The van der Waals surface area contributed by atoms with Crippen molar-refractivity contribution in [2.24, 2.45) is 0 Å². The molecule has 2 aromatic carbocycles. The first kappa shape index (κ1) is 17.7. The Balaban J connectivity index is 1.77. The second kappa shape index (κ2) is 8.31. The number of rotatable bonds is 7. The Kier molecular flexibility index (Phi) is 5.66. The Morgan fingerprint density at radius 3 is 2.69 bits per heavy atom. The highest BCUT2D eigenvalue weighted by Gasteiger charge is 2.16. The molecule has 0 fully saturated rings. The topological polar surface area (TPSA) is 76.4 Å². The third-order valence-corrected chi connectivity index (χ3v) is 4.07. The first-order valence-electron chi connectivity index (χ1n) is 8.35. The van der Waals surface area contributed by atoms with E-state index in [1.807, 2.05) is 30.3 Å². The molecule has 134 valence electrons. The van der Waals surface area contributed by atoms with Crippen LogP contribution < -0.4 is 10.1 Å². The van der Waals surface area contributed by atoms with Gasteiger partial charge in [-0.05, 0) is 36.2 Å². The summed E-state index contributed by atoms with van der Waals surface area (Å²) in [5, 5.41) is 16.7. The fourth-order valence-corrected chi connectivity index (χ4v) is 2.75. The van der Waals surface area contributed by atoms with E-state index in [1.165, 1.54) is 0 Å². The molecule has 0 aliphatic carbocycles. The van der Waals surface area contributed by atoms with Crippen molar-refractivity contribution in [1.29, 1.82) is 0 Å². The summed E-state index contributed by atoms with van der Waals surface area (Å²) in [5.74, 6) is 0.365. The number of nitrogens with zero attached hydrogens (tertiary/aromatic N) is 2. The van der Waals surface area contributed by atoms with Crippen LogP contribution in [0, 0.1) is 0 Å². The average Bonchev–Trinajstić information content (AvgIpc) is 3.22. The van der Waals surface area contributed by atoms with Crippen LogP contribution in [0.3, 0.4) is 0 Å². The van der Waals surface area contributed by atoms with Crippen LogP contribution in [-0.4, -0.2) is 40.6 Å². The van der Waals surface area contributed by atoms with E-state index in [0.717, 1.165) is 5.56 Å². The van der Waals surface area contributed by atoms with E-state index in [0.29, 0.717) is 23.4 Å². The lowest BCUT2D eigenvalue weighted by atomic mass is 10.1. The van der Waals surface area contributed by atoms with E-state index in [1.54, 1.807) is 48.5 Å². The molecule has 3 rings (SSSR count). The maximum atomic E-state index is 12.6. The van der Waals surface area contributed by atoms with Crippen LogP contribution in [0.2, 0.25) is 0 Å². The predicted molar refractivity (Wildman–Crippen MR) is 98.6 cm³/mol. The second-order valence-corrected chi connectivity index (χ2v) is 5.88. The minimum Gasteiger partial charge on any atom is -0.494 e. The molecular formula is C20H21N3O3. The van der Waals surface area contributed by atoms with Crippen LogP contribution in [0.25, 0.3) is 5.69 Å². The van der Waals surface area contributed by atoms with Gasteiger partial charge >= 0.3 is 0 Å². The molecule has 0 aliphatic rings. The number of methoxy groups -OCH3 is 1. The van der Waals surface area contributed by atoms with Gasteiger partial charge in [0.15, 0.2) is 0 Å². The monoisotopic (exact) mass is 351 g/mol. The minimum atomic E-state index is -0.361. The Labute approximate surface area is 152 Å². The van der Waals surface area contributed by atoms with E-state index in [9.17, 15) is 9.90 Å². The zero-order chi connectivity index (χ0) is 18.4. The molecule has 3 aromatic rings. The lowest BCUT2D eigenvalue weighted by Gasteiger charge is -2.17. The molecule has 1 amide bonds. The van der Waals surface area contributed by atoms with E-state index >= 15 is 0 Å². The van der Waals surface area contributed by atoms with Crippen molar-refractivity contribution in [3.63, 3.8) is 0 Å². The molecule has 0 aliphatic heterocycles. The number of amides is 1. The van der Waals surface area contributed by atoms with Crippen molar-refractivity contribution in [3.8, 4) is 11.4 Å². The number of hydrogen-bond donors (Lipinski definition) is 2. The highest BCUT2D eigenvalue weighted by Crippen LogP contribution is 2.23. The van der Waals surface area contributed by atoms with E-state index in [4.69, 9.17) is 4.74 Å². The molecule has 0 spiro atoms. The lowest BCUT2D eigenvalue weighted by Crippen LogP contribution is -2.39. The molecule has 2 N–H and O–H groups in total. The van der Waals surface area contributed by atoms with E-state index in [2.05, 4.69) is 10.4 Å². The molecule has 0 unspecified atom stereocenters. The Hall–Kier alpha value is -3.12. The standard InChI is InChI=1S/C20H21N3O3/c1-26-19-9-8-16(13-18(19)23-11-5-10-21-23)20(25)22-17(14-24)12-15-6-3-2-4-7-15/h2-11,13,17,24H,12,14H2,1H3,(H,22,25)/t17-/m1/s1. The summed E-state index contributed by atoms with van der Waals surface area (Å²) in [7, 11) is 1.57. The third-order valence-electron chi connectivity index (χ3n) is 4.07. The average molecular weight is 351 g/mol. The predicted octanol–water partition coefficient (Wildman–Crippen LogP) is 2.21. The van der Waals surface area contributed by atoms with Gasteiger partial charge in [0.2, 0.25) is 0 Å². The molecule has 1 atom stereocenters. The normalized spacial score (nSPS) is 11.8. The van der Waals surface area contributed by atoms with Crippen molar-refractivity contribution in [2.75, 3.05) is 13.7 Å². The summed E-state index contributed by atoms with van der Waals surface area (Å²) >= 11 is 0. The third kappa shape index (κ3) is 4.10.